The van der Waals surface area contributed by atoms with E-state index in [4.69, 9.17) is 4.74 Å². The number of rotatable bonds is 2. The Hall–Kier alpha value is -0.640. The van der Waals surface area contributed by atoms with Crippen molar-refractivity contribution in [1.29, 1.82) is 0 Å². The zero-order valence-electron chi connectivity index (χ0n) is 14.7. The minimum absolute atomic E-state index is 0.00541. The van der Waals surface area contributed by atoms with Crippen LogP contribution in [-0.4, -0.2) is 35.3 Å². The van der Waals surface area contributed by atoms with Gasteiger partial charge in [0.2, 0.25) is 0 Å². The van der Waals surface area contributed by atoms with Crippen molar-refractivity contribution in [3.63, 3.8) is 0 Å². The summed E-state index contributed by atoms with van der Waals surface area (Å²) >= 11 is 0. The van der Waals surface area contributed by atoms with Gasteiger partial charge in [-0.3, -0.25) is 5.01 Å². The van der Waals surface area contributed by atoms with E-state index in [2.05, 4.69) is 56.9 Å². The lowest BCUT2D eigenvalue weighted by molar-refractivity contribution is -0.0654. The summed E-state index contributed by atoms with van der Waals surface area (Å²) in [5.74, 6) is 0. The highest BCUT2D eigenvalue weighted by atomic mass is 16.5. The molecule has 1 aliphatic carbocycles. The van der Waals surface area contributed by atoms with Crippen LogP contribution >= 0.6 is 0 Å². The maximum atomic E-state index is 6.36. The predicted octanol–water partition coefficient (Wildman–Crippen LogP) is 4.60. The quantitative estimate of drug-likeness (QED) is 0.746. The molecule has 21 heavy (non-hydrogen) atoms. The molecular formula is C17H33N3O. The van der Waals surface area contributed by atoms with Crippen LogP contribution in [0.25, 0.3) is 0 Å². The summed E-state index contributed by atoms with van der Waals surface area (Å²) in [7, 11) is 0. The van der Waals surface area contributed by atoms with Gasteiger partial charge in [0, 0.05) is 0 Å². The first-order valence-corrected chi connectivity index (χ1v) is 8.50. The Balaban J connectivity index is 2.14. The molecule has 0 aromatic heterocycles. The van der Waals surface area contributed by atoms with Crippen LogP contribution in [0.4, 0.5) is 0 Å². The molecule has 3 atom stereocenters. The SMILES string of the molecule is CC(C)(C)COC1CCCCCC2N=NN(C(C)(C)C)C21. The minimum Gasteiger partial charge on any atom is -0.375 e. The van der Waals surface area contributed by atoms with Crippen molar-refractivity contribution in [3.05, 3.63) is 0 Å². The monoisotopic (exact) mass is 295 g/mol. The number of hydrogen-bond donors (Lipinski definition) is 0. The molecule has 3 unspecified atom stereocenters. The molecule has 0 radical (unpaired) electrons. The van der Waals surface area contributed by atoms with E-state index < -0.39 is 0 Å². The van der Waals surface area contributed by atoms with Gasteiger partial charge in [-0.25, -0.2) is 0 Å². The van der Waals surface area contributed by atoms with Crippen molar-refractivity contribution in [2.45, 2.75) is 97.4 Å². The molecule has 1 saturated carbocycles. The molecule has 4 heteroatoms. The molecule has 2 rings (SSSR count). The van der Waals surface area contributed by atoms with E-state index in [1.807, 2.05) is 0 Å². The Labute approximate surface area is 130 Å². The number of nitrogens with zero attached hydrogens (tertiary/aromatic N) is 3. The van der Waals surface area contributed by atoms with Crippen LogP contribution < -0.4 is 0 Å². The number of hydrogen-bond acceptors (Lipinski definition) is 4. The molecule has 0 N–H and O–H groups in total. The molecule has 4 nitrogen and oxygen atoms in total. The molecule has 1 fully saturated rings. The van der Waals surface area contributed by atoms with E-state index in [0.717, 1.165) is 19.4 Å². The summed E-state index contributed by atoms with van der Waals surface area (Å²) in [5.41, 5.74) is 0.211. The molecule has 0 aromatic rings. The van der Waals surface area contributed by atoms with Crippen LogP contribution in [-0.2, 0) is 4.74 Å². The summed E-state index contributed by atoms with van der Waals surface area (Å²) in [4.78, 5) is 0. The van der Waals surface area contributed by atoms with Gasteiger partial charge in [-0.1, -0.05) is 45.3 Å². The average Bonchev–Trinajstić information content (AvgIpc) is 2.70. The smallest absolute Gasteiger partial charge is 0.0997 e. The van der Waals surface area contributed by atoms with Crippen LogP contribution in [0.15, 0.2) is 10.3 Å². The lowest BCUT2D eigenvalue weighted by Gasteiger charge is -2.41. The van der Waals surface area contributed by atoms with E-state index in [9.17, 15) is 0 Å². The summed E-state index contributed by atoms with van der Waals surface area (Å²) in [6.07, 6.45) is 6.36. The van der Waals surface area contributed by atoms with Crippen molar-refractivity contribution in [2.24, 2.45) is 15.8 Å². The third-order valence-electron chi connectivity index (χ3n) is 4.26. The first kappa shape index (κ1) is 16.7. The van der Waals surface area contributed by atoms with E-state index in [0.29, 0.717) is 12.1 Å². The normalized spacial score (nSPS) is 31.0. The van der Waals surface area contributed by atoms with Crippen molar-refractivity contribution in [2.75, 3.05) is 6.61 Å². The molecule has 122 valence electrons. The molecule has 2 aliphatic rings. The van der Waals surface area contributed by atoms with E-state index in [-0.39, 0.29) is 17.1 Å². The van der Waals surface area contributed by atoms with Gasteiger partial charge in [0.05, 0.1) is 30.3 Å². The first-order valence-electron chi connectivity index (χ1n) is 8.50. The Morgan fingerprint density at radius 2 is 1.67 bits per heavy atom. The molecule has 0 aromatic carbocycles. The minimum atomic E-state index is 0.00541. The maximum absolute atomic E-state index is 6.36. The Morgan fingerprint density at radius 1 is 1.00 bits per heavy atom. The fraction of sp³-hybridized carbons (Fsp3) is 1.00. The molecule has 1 heterocycles. The zero-order chi connectivity index (χ0) is 15.7. The number of ether oxygens (including phenoxy) is 1. The topological polar surface area (TPSA) is 37.2 Å². The average molecular weight is 295 g/mol. The molecule has 0 spiro atoms. The van der Waals surface area contributed by atoms with Crippen LogP contribution in [0.1, 0.15) is 73.6 Å². The largest absolute Gasteiger partial charge is 0.375 e. The molecule has 0 amide bonds. The lowest BCUT2D eigenvalue weighted by Crippen LogP contribution is -2.53. The summed E-state index contributed by atoms with van der Waals surface area (Å²) in [6, 6.07) is 0.627. The van der Waals surface area contributed by atoms with Gasteiger partial charge in [0.25, 0.3) is 0 Å². The van der Waals surface area contributed by atoms with Gasteiger partial charge >= 0.3 is 0 Å². The lowest BCUT2D eigenvalue weighted by atomic mass is 9.88. The Bertz CT molecular complexity index is 367. The molecule has 0 saturated heterocycles. The van der Waals surface area contributed by atoms with Gasteiger partial charge in [-0.2, -0.15) is 5.11 Å². The fourth-order valence-electron chi connectivity index (χ4n) is 3.21. The Morgan fingerprint density at radius 3 is 2.29 bits per heavy atom. The highest BCUT2D eigenvalue weighted by Gasteiger charge is 2.44. The second-order valence-electron chi connectivity index (χ2n) is 8.83. The third-order valence-corrected chi connectivity index (χ3v) is 4.26. The maximum Gasteiger partial charge on any atom is 0.0997 e. The van der Waals surface area contributed by atoms with Gasteiger partial charge in [-0.15, -0.1) is 0 Å². The van der Waals surface area contributed by atoms with Crippen LogP contribution in [0.2, 0.25) is 0 Å². The molecule has 0 bridgehead atoms. The van der Waals surface area contributed by atoms with E-state index in [1.165, 1.54) is 19.3 Å². The van der Waals surface area contributed by atoms with Gasteiger partial charge < -0.3 is 4.74 Å². The van der Waals surface area contributed by atoms with Gasteiger partial charge in [0.1, 0.15) is 0 Å². The summed E-state index contributed by atoms with van der Waals surface area (Å²) in [5, 5.41) is 11.3. The highest BCUT2D eigenvalue weighted by Crippen LogP contribution is 2.35. The van der Waals surface area contributed by atoms with Crippen LogP contribution in [0.5, 0.6) is 0 Å². The van der Waals surface area contributed by atoms with Gasteiger partial charge in [0.15, 0.2) is 0 Å². The van der Waals surface area contributed by atoms with Crippen molar-refractivity contribution >= 4 is 0 Å². The zero-order valence-corrected chi connectivity index (χ0v) is 14.7. The highest BCUT2D eigenvalue weighted by molar-refractivity contribution is 4.97. The Kier molecular flexibility index (Phi) is 4.96. The van der Waals surface area contributed by atoms with Gasteiger partial charge in [-0.05, 0) is 39.0 Å². The van der Waals surface area contributed by atoms with Crippen molar-refractivity contribution in [3.8, 4) is 0 Å². The number of fused-ring (bicyclic) bond motifs is 1. The fourth-order valence-corrected chi connectivity index (χ4v) is 3.21. The molecular weight excluding hydrogens is 262 g/mol. The summed E-state index contributed by atoms with van der Waals surface area (Å²) in [6.45, 7) is 14.2. The predicted molar refractivity (Wildman–Crippen MR) is 86.3 cm³/mol. The van der Waals surface area contributed by atoms with Crippen LogP contribution in [0.3, 0.4) is 0 Å². The van der Waals surface area contributed by atoms with Crippen LogP contribution in [0, 0.1) is 5.41 Å². The summed E-state index contributed by atoms with van der Waals surface area (Å²) < 4.78 is 6.36. The van der Waals surface area contributed by atoms with Crippen molar-refractivity contribution in [1.82, 2.24) is 5.01 Å². The molecule has 1 aliphatic heterocycles. The standard InChI is InChI=1S/C17H33N3O/c1-16(2,3)12-21-14-11-9-7-8-10-13-15(14)20(19-18-13)17(4,5)6/h13-15H,7-12H2,1-6H3. The van der Waals surface area contributed by atoms with E-state index in [1.54, 1.807) is 0 Å². The third kappa shape index (κ3) is 4.41. The van der Waals surface area contributed by atoms with E-state index >= 15 is 0 Å². The van der Waals surface area contributed by atoms with Crippen molar-refractivity contribution < 1.29 is 4.74 Å². The first-order chi connectivity index (χ1) is 9.68. The second kappa shape index (κ2) is 6.23. The second-order valence-corrected chi connectivity index (χ2v) is 8.83.